The number of rotatable bonds is 4. The Kier molecular flexibility index (Phi) is 5.03. The zero-order valence-corrected chi connectivity index (χ0v) is 13.0. The zero-order chi connectivity index (χ0) is 15.8. The molecule has 8 nitrogen and oxygen atoms in total. The molecule has 1 aromatic rings. The van der Waals surface area contributed by atoms with Gasteiger partial charge in [0.2, 0.25) is 11.5 Å². The highest BCUT2D eigenvalue weighted by Crippen LogP contribution is 2.47. The van der Waals surface area contributed by atoms with Crippen LogP contribution in [0, 0.1) is 5.82 Å². The molecule has 2 heterocycles. The molecular formula is C9H12FN2O6PS2. The van der Waals surface area contributed by atoms with Gasteiger partial charge in [0.1, 0.15) is 12.3 Å². The molecule has 1 aromatic heterocycles. The largest absolute Gasteiger partial charge is 0.390 e. The van der Waals surface area contributed by atoms with E-state index in [1.165, 1.54) is 0 Å². The van der Waals surface area contributed by atoms with Crippen molar-refractivity contribution in [3.8, 4) is 0 Å². The second kappa shape index (κ2) is 6.29. The highest BCUT2D eigenvalue weighted by atomic mass is 32.9. The lowest BCUT2D eigenvalue weighted by atomic mass is 10.2. The summed E-state index contributed by atoms with van der Waals surface area (Å²) in [6.45, 7) is -0.227. The number of H-pyrrole nitrogens is 1. The van der Waals surface area contributed by atoms with Crippen molar-refractivity contribution in [2.75, 3.05) is 6.61 Å². The number of thiol groups is 1. The van der Waals surface area contributed by atoms with Crippen LogP contribution in [-0.2, 0) is 21.1 Å². The first kappa shape index (κ1) is 16.8. The van der Waals surface area contributed by atoms with Crippen LogP contribution in [0.2, 0.25) is 0 Å². The monoisotopic (exact) mass is 358 g/mol. The molecule has 118 valence electrons. The summed E-state index contributed by atoms with van der Waals surface area (Å²) in [5, 5.41) is 9.82. The number of hydrogen-bond donors (Lipinski definition) is 4. The number of halogens is 1. The van der Waals surface area contributed by atoms with Gasteiger partial charge in [-0.05, 0) is 11.8 Å². The third kappa shape index (κ3) is 4.22. The number of ether oxygens (including phenoxy) is 1. The van der Waals surface area contributed by atoms with Crippen molar-refractivity contribution in [2.24, 2.45) is 0 Å². The van der Waals surface area contributed by atoms with Crippen molar-refractivity contribution in [1.29, 1.82) is 0 Å². The van der Waals surface area contributed by atoms with Crippen LogP contribution >= 0.6 is 17.9 Å². The maximum absolute atomic E-state index is 13.2. The van der Waals surface area contributed by atoms with Crippen molar-refractivity contribution in [1.82, 2.24) is 9.55 Å². The molecule has 1 fully saturated rings. The fourth-order valence-corrected chi connectivity index (χ4v) is 2.60. The van der Waals surface area contributed by atoms with Crippen molar-refractivity contribution in [2.45, 2.75) is 24.9 Å². The Morgan fingerprint density at radius 1 is 1.67 bits per heavy atom. The highest BCUT2D eigenvalue weighted by Gasteiger charge is 2.36. The summed E-state index contributed by atoms with van der Waals surface area (Å²) in [4.78, 5) is 33.6. The minimum absolute atomic E-state index is 0.0136. The number of aliphatic hydroxyl groups excluding tert-OH is 1. The Bertz CT molecular complexity index is 688. The third-order valence-corrected chi connectivity index (χ3v) is 3.99. The molecule has 2 rings (SSSR count). The van der Waals surface area contributed by atoms with Gasteiger partial charge in [-0.15, -0.1) is 0 Å². The van der Waals surface area contributed by atoms with Crippen LogP contribution in [-0.4, -0.2) is 38.4 Å². The molecular weight excluding hydrogens is 346 g/mol. The van der Waals surface area contributed by atoms with E-state index in [1.54, 1.807) is 4.98 Å². The third-order valence-electron chi connectivity index (χ3n) is 2.85. The summed E-state index contributed by atoms with van der Waals surface area (Å²) in [7, 11) is 0. The molecule has 1 aliphatic rings. The van der Waals surface area contributed by atoms with Crippen molar-refractivity contribution < 1.29 is 23.7 Å². The van der Waals surface area contributed by atoms with Gasteiger partial charge in [-0.3, -0.25) is 14.3 Å². The first-order valence-electron chi connectivity index (χ1n) is 5.72. The first-order valence-corrected chi connectivity index (χ1v) is 9.54. The molecule has 1 unspecified atom stereocenters. The second-order valence-electron chi connectivity index (χ2n) is 4.36. The maximum atomic E-state index is 13.2. The van der Waals surface area contributed by atoms with Crippen LogP contribution < -0.4 is 11.2 Å². The summed E-state index contributed by atoms with van der Waals surface area (Å²) in [5.41, 5.74) is -5.19. The summed E-state index contributed by atoms with van der Waals surface area (Å²) in [6, 6.07) is 0. The van der Waals surface area contributed by atoms with E-state index in [1.807, 2.05) is 0 Å². The molecule has 0 aromatic carbocycles. The molecule has 0 aliphatic carbocycles. The van der Waals surface area contributed by atoms with Crippen LogP contribution in [0.15, 0.2) is 15.8 Å². The van der Waals surface area contributed by atoms with E-state index in [2.05, 4.69) is 24.1 Å². The molecule has 4 atom stereocenters. The second-order valence-corrected chi connectivity index (χ2v) is 9.52. The van der Waals surface area contributed by atoms with E-state index >= 15 is 0 Å². The SMILES string of the molecule is O=c1[nH]c(=O)n([C@H]2C[C@H](O)[C@@H](COP(O)(=S)S)O2)cc1F. The predicted molar refractivity (Wildman–Crippen MR) is 77.3 cm³/mol. The van der Waals surface area contributed by atoms with Gasteiger partial charge in [0.05, 0.1) is 18.9 Å². The number of nitrogens with zero attached hydrogens (tertiary/aromatic N) is 1. The van der Waals surface area contributed by atoms with Crippen LogP contribution in [0.4, 0.5) is 4.39 Å². The van der Waals surface area contributed by atoms with E-state index in [-0.39, 0.29) is 13.0 Å². The van der Waals surface area contributed by atoms with Gasteiger partial charge in [-0.1, -0.05) is 12.2 Å². The lowest BCUT2D eigenvalue weighted by Gasteiger charge is -2.17. The summed E-state index contributed by atoms with van der Waals surface area (Å²) in [6.07, 6.45) is -2.15. The van der Waals surface area contributed by atoms with Crippen molar-refractivity contribution >= 4 is 29.7 Å². The van der Waals surface area contributed by atoms with Gasteiger partial charge in [0, 0.05) is 6.42 Å². The molecule has 21 heavy (non-hydrogen) atoms. The fraction of sp³-hybridized carbons (Fsp3) is 0.556. The van der Waals surface area contributed by atoms with Crippen molar-refractivity contribution in [3.05, 3.63) is 32.9 Å². The summed E-state index contributed by atoms with van der Waals surface area (Å²) in [5.74, 6) is -1.14. The molecule has 1 saturated heterocycles. The Morgan fingerprint density at radius 2 is 2.33 bits per heavy atom. The van der Waals surface area contributed by atoms with Crippen LogP contribution in [0.3, 0.4) is 0 Å². The molecule has 1 aliphatic heterocycles. The molecule has 0 spiro atoms. The van der Waals surface area contributed by atoms with Crippen LogP contribution in [0.25, 0.3) is 0 Å². The Morgan fingerprint density at radius 3 is 2.95 bits per heavy atom. The van der Waals surface area contributed by atoms with E-state index < -0.39 is 41.2 Å². The number of aromatic nitrogens is 2. The van der Waals surface area contributed by atoms with Crippen LogP contribution in [0.5, 0.6) is 0 Å². The van der Waals surface area contributed by atoms with E-state index in [0.717, 1.165) is 4.57 Å². The Hall–Kier alpha value is -0.550. The smallest absolute Gasteiger partial charge is 0.330 e. The standard InChI is InChI=1S/C9H12FN2O6PS2/c10-4-2-12(9(15)11-8(4)14)7-1-5(13)6(18-7)3-17-19(16,20)21/h2,5-7,13H,1,3H2,(H,11,14,15)(H2,16,20,21)/t5-,6+,7+/m0/s1. The highest BCUT2D eigenvalue weighted by molar-refractivity contribution is 8.59. The van der Waals surface area contributed by atoms with Gasteiger partial charge in [-0.25, -0.2) is 4.79 Å². The van der Waals surface area contributed by atoms with Gasteiger partial charge >= 0.3 is 5.69 Å². The van der Waals surface area contributed by atoms with E-state index in [0.29, 0.717) is 6.20 Å². The van der Waals surface area contributed by atoms with Gasteiger partial charge in [-0.2, -0.15) is 4.39 Å². The van der Waals surface area contributed by atoms with E-state index in [9.17, 15) is 24.0 Å². The average Bonchev–Trinajstić information content (AvgIpc) is 2.72. The molecule has 0 saturated carbocycles. The van der Waals surface area contributed by atoms with Gasteiger partial charge in [0.15, 0.2) is 0 Å². The van der Waals surface area contributed by atoms with Gasteiger partial charge in [0.25, 0.3) is 5.56 Å². The lowest BCUT2D eigenvalue weighted by molar-refractivity contribution is -0.0405. The average molecular weight is 358 g/mol. The van der Waals surface area contributed by atoms with Crippen LogP contribution in [0.1, 0.15) is 12.6 Å². The normalized spacial score (nSPS) is 28.5. The van der Waals surface area contributed by atoms with E-state index in [4.69, 9.17) is 9.26 Å². The minimum Gasteiger partial charge on any atom is -0.390 e. The zero-order valence-electron chi connectivity index (χ0n) is 10.4. The molecule has 0 bridgehead atoms. The summed E-state index contributed by atoms with van der Waals surface area (Å²) >= 11 is 8.23. The maximum Gasteiger partial charge on any atom is 0.330 e. The first-order chi connectivity index (χ1) is 9.67. The molecule has 0 radical (unpaired) electrons. The lowest BCUT2D eigenvalue weighted by Crippen LogP contribution is -2.34. The predicted octanol–water partition coefficient (Wildman–Crippen LogP) is -0.513. The van der Waals surface area contributed by atoms with Crippen molar-refractivity contribution in [3.63, 3.8) is 0 Å². The summed E-state index contributed by atoms with van der Waals surface area (Å²) < 4.78 is 24.3. The number of hydrogen-bond acceptors (Lipinski definition) is 6. The molecule has 12 heteroatoms. The topological polar surface area (TPSA) is 114 Å². The molecule has 0 amide bonds. The fourth-order valence-electron chi connectivity index (χ4n) is 1.88. The number of aromatic amines is 1. The Balaban J connectivity index is 2.14. The quantitative estimate of drug-likeness (QED) is 0.423. The molecule has 3 N–H and O–H groups in total. The Labute approximate surface area is 127 Å². The number of aliphatic hydroxyl groups is 1. The number of nitrogens with one attached hydrogen (secondary N) is 1. The minimum atomic E-state index is -3.20. The van der Waals surface area contributed by atoms with Gasteiger partial charge < -0.3 is 19.3 Å².